The first-order chi connectivity index (χ1) is 10.2. The molecular formula is C16H23NO4. The highest BCUT2D eigenvalue weighted by molar-refractivity contribution is 5.84. The number of amides is 1. The Bertz CT molecular complexity index is 433. The number of methoxy groups -OCH3 is 1. The van der Waals surface area contributed by atoms with Crippen LogP contribution in [0.2, 0.25) is 0 Å². The lowest BCUT2D eigenvalue weighted by Crippen LogP contribution is -2.43. The van der Waals surface area contributed by atoms with Crippen LogP contribution in [0.5, 0.6) is 0 Å². The van der Waals surface area contributed by atoms with Crippen molar-refractivity contribution in [2.24, 2.45) is 0 Å². The Balaban J connectivity index is 2.42. The fourth-order valence-corrected chi connectivity index (χ4v) is 1.98. The summed E-state index contributed by atoms with van der Waals surface area (Å²) in [5.74, 6) is -0.722. The molecule has 1 aromatic rings. The zero-order chi connectivity index (χ0) is 15.5. The molecule has 116 valence electrons. The van der Waals surface area contributed by atoms with Gasteiger partial charge in [-0.05, 0) is 31.7 Å². The highest BCUT2D eigenvalue weighted by atomic mass is 16.5. The Hall–Kier alpha value is -1.88. The summed E-state index contributed by atoms with van der Waals surface area (Å²) in [6.45, 7) is 2.23. The molecule has 1 rings (SSSR count). The second-order valence-electron chi connectivity index (χ2n) is 4.66. The van der Waals surface area contributed by atoms with Gasteiger partial charge in [0.05, 0.1) is 7.11 Å². The van der Waals surface area contributed by atoms with Gasteiger partial charge in [0, 0.05) is 6.61 Å². The minimum absolute atomic E-state index is 0.0390. The number of nitrogens with one attached hydrogen (secondary N) is 1. The summed E-state index contributed by atoms with van der Waals surface area (Å²) in [4.78, 5) is 23.3. The van der Waals surface area contributed by atoms with Crippen LogP contribution in [0.25, 0.3) is 0 Å². The van der Waals surface area contributed by atoms with Gasteiger partial charge in [0.1, 0.15) is 12.6 Å². The molecule has 0 radical (unpaired) electrons. The number of esters is 1. The molecule has 0 aliphatic rings. The van der Waals surface area contributed by atoms with E-state index in [0.29, 0.717) is 13.0 Å². The Kier molecular flexibility index (Phi) is 8.12. The van der Waals surface area contributed by atoms with Gasteiger partial charge in [-0.15, -0.1) is 0 Å². The normalized spacial score (nSPS) is 11.7. The first-order valence-corrected chi connectivity index (χ1v) is 7.16. The summed E-state index contributed by atoms with van der Waals surface area (Å²) >= 11 is 0. The molecule has 0 saturated heterocycles. The van der Waals surface area contributed by atoms with E-state index in [1.807, 2.05) is 37.3 Å². The number of aryl methyl sites for hydroxylation is 1. The molecule has 0 fully saturated rings. The van der Waals surface area contributed by atoms with E-state index in [1.54, 1.807) is 0 Å². The van der Waals surface area contributed by atoms with E-state index in [1.165, 1.54) is 12.7 Å². The molecule has 0 unspecified atom stereocenters. The lowest BCUT2D eigenvalue weighted by atomic mass is 10.0. The Morgan fingerprint density at radius 2 is 1.95 bits per heavy atom. The van der Waals surface area contributed by atoms with Gasteiger partial charge in [0.15, 0.2) is 0 Å². The summed E-state index contributed by atoms with van der Waals surface area (Å²) in [5, 5.41) is 2.65. The zero-order valence-electron chi connectivity index (χ0n) is 12.6. The highest BCUT2D eigenvalue weighted by Crippen LogP contribution is 2.07. The Labute approximate surface area is 125 Å². The molecule has 0 aliphatic heterocycles. The van der Waals surface area contributed by atoms with Crippen LogP contribution in [0.4, 0.5) is 0 Å². The summed E-state index contributed by atoms with van der Waals surface area (Å²) in [5.41, 5.74) is 1.21. The minimum Gasteiger partial charge on any atom is -0.467 e. The van der Waals surface area contributed by atoms with Gasteiger partial charge in [-0.2, -0.15) is 0 Å². The fraction of sp³-hybridized carbons (Fsp3) is 0.500. The van der Waals surface area contributed by atoms with Crippen molar-refractivity contribution in [3.05, 3.63) is 35.9 Å². The number of benzene rings is 1. The van der Waals surface area contributed by atoms with Crippen molar-refractivity contribution in [2.45, 2.75) is 32.2 Å². The predicted octanol–water partition coefficient (Wildman–Crippen LogP) is 1.70. The van der Waals surface area contributed by atoms with Crippen LogP contribution in [0, 0.1) is 0 Å². The third kappa shape index (κ3) is 6.90. The van der Waals surface area contributed by atoms with Crippen molar-refractivity contribution in [1.29, 1.82) is 0 Å². The maximum Gasteiger partial charge on any atom is 0.328 e. The molecule has 21 heavy (non-hydrogen) atoms. The summed E-state index contributed by atoms with van der Waals surface area (Å²) in [6.07, 6.45) is 2.19. The highest BCUT2D eigenvalue weighted by Gasteiger charge is 2.20. The third-order valence-corrected chi connectivity index (χ3v) is 3.06. The molecule has 5 nitrogen and oxygen atoms in total. The summed E-state index contributed by atoms with van der Waals surface area (Å²) in [7, 11) is 1.32. The average Bonchev–Trinajstić information content (AvgIpc) is 2.52. The molecule has 0 heterocycles. The van der Waals surface area contributed by atoms with E-state index in [4.69, 9.17) is 9.47 Å². The second kappa shape index (κ2) is 9.94. The van der Waals surface area contributed by atoms with Crippen molar-refractivity contribution in [3.8, 4) is 0 Å². The number of hydrogen-bond acceptors (Lipinski definition) is 4. The van der Waals surface area contributed by atoms with E-state index >= 15 is 0 Å². The van der Waals surface area contributed by atoms with Crippen molar-refractivity contribution in [1.82, 2.24) is 5.32 Å². The zero-order valence-corrected chi connectivity index (χ0v) is 12.6. The maximum atomic E-state index is 11.7. The molecule has 0 spiro atoms. The second-order valence-corrected chi connectivity index (χ2v) is 4.66. The van der Waals surface area contributed by atoms with Gasteiger partial charge >= 0.3 is 5.97 Å². The quantitative estimate of drug-likeness (QED) is 0.704. The predicted molar refractivity (Wildman–Crippen MR) is 79.8 cm³/mol. The molecule has 1 aromatic carbocycles. The number of hydrogen-bond donors (Lipinski definition) is 1. The van der Waals surface area contributed by atoms with Crippen LogP contribution < -0.4 is 5.32 Å². The molecule has 0 saturated carbocycles. The van der Waals surface area contributed by atoms with Crippen LogP contribution in [0.1, 0.15) is 25.3 Å². The first-order valence-electron chi connectivity index (χ1n) is 7.16. The molecule has 5 heteroatoms. The van der Waals surface area contributed by atoms with E-state index < -0.39 is 12.0 Å². The van der Waals surface area contributed by atoms with Gasteiger partial charge in [-0.3, -0.25) is 4.79 Å². The van der Waals surface area contributed by atoms with Crippen LogP contribution in [0.15, 0.2) is 30.3 Å². The van der Waals surface area contributed by atoms with Crippen molar-refractivity contribution < 1.29 is 19.1 Å². The fourth-order valence-electron chi connectivity index (χ4n) is 1.98. The summed E-state index contributed by atoms with van der Waals surface area (Å²) in [6, 6.07) is 9.40. The van der Waals surface area contributed by atoms with Gasteiger partial charge in [-0.1, -0.05) is 30.3 Å². The van der Waals surface area contributed by atoms with E-state index in [9.17, 15) is 9.59 Å². The topological polar surface area (TPSA) is 64.6 Å². The summed E-state index contributed by atoms with van der Waals surface area (Å²) < 4.78 is 9.75. The first kappa shape index (κ1) is 17.2. The number of rotatable bonds is 9. The lowest BCUT2D eigenvalue weighted by Gasteiger charge is -2.16. The van der Waals surface area contributed by atoms with Gasteiger partial charge in [-0.25, -0.2) is 4.79 Å². The van der Waals surface area contributed by atoms with Gasteiger partial charge in [0.25, 0.3) is 0 Å². The molecule has 0 aliphatic carbocycles. The van der Waals surface area contributed by atoms with E-state index in [2.05, 4.69) is 5.32 Å². The number of carbonyl (C=O) groups excluding carboxylic acids is 2. The van der Waals surface area contributed by atoms with E-state index in [-0.39, 0.29) is 12.5 Å². The number of ether oxygens (including phenoxy) is 2. The monoisotopic (exact) mass is 293 g/mol. The smallest absolute Gasteiger partial charge is 0.328 e. The Morgan fingerprint density at radius 3 is 2.57 bits per heavy atom. The third-order valence-electron chi connectivity index (χ3n) is 3.06. The molecule has 0 aromatic heterocycles. The number of carbonyl (C=O) groups is 2. The SMILES string of the molecule is CCOCC(=O)N[C@H](CCCc1ccccc1)C(=O)OC. The molecular weight excluding hydrogens is 270 g/mol. The van der Waals surface area contributed by atoms with Gasteiger partial charge < -0.3 is 14.8 Å². The molecule has 1 atom stereocenters. The molecule has 1 N–H and O–H groups in total. The van der Waals surface area contributed by atoms with Crippen molar-refractivity contribution in [3.63, 3.8) is 0 Å². The van der Waals surface area contributed by atoms with Crippen molar-refractivity contribution >= 4 is 11.9 Å². The molecule has 0 bridgehead atoms. The maximum absolute atomic E-state index is 11.7. The molecule has 1 amide bonds. The Morgan fingerprint density at radius 1 is 1.24 bits per heavy atom. The van der Waals surface area contributed by atoms with Crippen LogP contribution in [-0.4, -0.2) is 38.2 Å². The van der Waals surface area contributed by atoms with E-state index in [0.717, 1.165) is 12.8 Å². The van der Waals surface area contributed by atoms with Crippen LogP contribution in [-0.2, 0) is 25.5 Å². The van der Waals surface area contributed by atoms with Crippen molar-refractivity contribution in [2.75, 3.05) is 20.3 Å². The van der Waals surface area contributed by atoms with Crippen LogP contribution >= 0.6 is 0 Å². The lowest BCUT2D eigenvalue weighted by molar-refractivity contribution is -0.145. The standard InChI is InChI=1S/C16H23NO4/c1-3-21-12-15(18)17-14(16(19)20-2)11-7-10-13-8-5-4-6-9-13/h4-6,8-9,14H,3,7,10-12H2,1-2H3,(H,17,18)/t14-/m1/s1. The largest absolute Gasteiger partial charge is 0.467 e. The minimum atomic E-state index is -0.619. The van der Waals surface area contributed by atoms with Crippen LogP contribution in [0.3, 0.4) is 0 Å². The van der Waals surface area contributed by atoms with Gasteiger partial charge in [0.2, 0.25) is 5.91 Å². The average molecular weight is 293 g/mol.